The van der Waals surface area contributed by atoms with Crippen LogP contribution in [-0.4, -0.2) is 43.2 Å². The standard InChI is InChI=1S/C16H24N4.3ClH/c1-13-12-20(9-7-19-13)8-6-16(18)10-14-2-4-15(11-17)5-3-14;;;/h2-5,13,16,19H,6-10,12,18H2,1H3;3*1H/t13-,16?;;;/m1.../s1. The van der Waals surface area contributed by atoms with Crippen LogP contribution in [0.1, 0.15) is 24.5 Å². The Morgan fingerprint density at radius 2 is 1.96 bits per heavy atom. The molecule has 0 amide bonds. The Bertz CT molecular complexity index is 461. The number of hydrogen-bond donors (Lipinski definition) is 2. The molecule has 1 fully saturated rings. The Morgan fingerprint density at radius 3 is 2.52 bits per heavy atom. The van der Waals surface area contributed by atoms with Crippen LogP contribution in [0.15, 0.2) is 24.3 Å². The van der Waals surface area contributed by atoms with Gasteiger partial charge in [-0.2, -0.15) is 5.26 Å². The van der Waals surface area contributed by atoms with Gasteiger partial charge in [0.2, 0.25) is 0 Å². The third-order valence-corrected chi connectivity index (χ3v) is 3.85. The summed E-state index contributed by atoms with van der Waals surface area (Å²) < 4.78 is 0. The number of nitrogens with two attached hydrogens (primary N) is 1. The van der Waals surface area contributed by atoms with Gasteiger partial charge in [0, 0.05) is 31.7 Å². The molecule has 0 spiro atoms. The van der Waals surface area contributed by atoms with Crippen LogP contribution in [0.4, 0.5) is 0 Å². The summed E-state index contributed by atoms with van der Waals surface area (Å²) in [5, 5.41) is 12.2. The molecule has 1 aromatic rings. The van der Waals surface area contributed by atoms with Crippen molar-refractivity contribution in [1.29, 1.82) is 5.26 Å². The normalized spacial score (nSPS) is 18.6. The summed E-state index contributed by atoms with van der Waals surface area (Å²) in [6.07, 6.45) is 1.90. The molecular weight excluding hydrogens is 355 g/mol. The van der Waals surface area contributed by atoms with Gasteiger partial charge in [-0.25, -0.2) is 0 Å². The molecule has 4 nitrogen and oxygen atoms in total. The maximum Gasteiger partial charge on any atom is 0.0991 e. The van der Waals surface area contributed by atoms with E-state index in [4.69, 9.17) is 11.0 Å². The van der Waals surface area contributed by atoms with Crippen molar-refractivity contribution in [3.63, 3.8) is 0 Å². The highest BCUT2D eigenvalue weighted by Crippen LogP contribution is 2.08. The summed E-state index contributed by atoms with van der Waals surface area (Å²) in [4.78, 5) is 2.49. The first kappa shape index (κ1) is 24.7. The molecule has 2 rings (SSSR count). The Labute approximate surface area is 158 Å². The van der Waals surface area contributed by atoms with Gasteiger partial charge >= 0.3 is 0 Å². The Morgan fingerprint density at radius 1 is 1.30 bits per heavy atom. The predicted molar refractivity (Wildman–Crippen MR) is 103 cm³/mol. The number of hydrogen-bond acceptors (Lipinski definition) is 4. The number of nitrogens with one attached hydrogen (secondary N) is 1. The highest BCUT2D eigenvalue weighted by molar-refractivity contribution is 5.86. The molecule has 1 heterocycles. The molecule has 1 aliphatic rings. The minimum Gasteiger partial charge on any atom is -0.327 e. The zero-order valence-electron chi connectivity index (χ0n) is 13.4. The average Bonchev–Trinajstić information content (AvgIpc) is 2.46. The van der Waals surface area contributed by atoms with E-state index >= 15 is 0 Å². The molecule has 0 bridgehead atoms. The minimum atomic E-state index is 0. The average molecular weight is 382 g/mol. The van der Waals surface area contributed by atoms with Crippen LogP contribution in [0.3, 0.4) is 0 Å². The minimum absolute atomic E-state index is 0. The third-order valence-electron chi connectivity index (χ3n) is 3.85. The van der Waals surface area contributed by atoms with Gasteiger partial charge in [0.25, 0.3) is 0 Å². The second-order valence-electron chi connectivity index (χ2n) is 5.72. The van der Waals surface area contributed by atoms with Crippen LogP contribution in [0.5, 0.6) is 0 Å². The number of rotatable bonds is 5. The lowest BCUT2D eigenvalue weighted by Gasteiger charge is -2.32. The molecule has 2 atom stereocenters. The summed E-state index contributed by atoms with van der Waals surface area (Å²) in [7, 11) is 0. The molecular formula is C16H27Cl3N4. The lowest BCUT2D eigenvalue weighted by molar-refractivity contribution is 0.200. The summed E-state index contributed by atoms with van der Waals surface area (Å²) >= 11 is 0. The van der Waals surface area contributed by atoms with Gasteiger partial charge in [-0.15, -0.1) is 37.2 Å². The first-order valence-electron chi connectivity index (χ1n) is 7.37. The van der Waals surface area contributed by atoms with Crippen LogP contribution >= 0.6 is 37.2 Å². The first-order chi connectivity index (χ1) is 9.67. The van der Waals surface area contributed by atoms with Gasteiger partial charge in [-0.05, 0) is 44.0 Å². The Balaban J connectivity index is 0. The Hall–Kier alpha value is -0.540. The molecule has 1 aromatic carbocycles. The van der Waals surface area contributed by atoms with E-state index in [1.807, 2.05) is 24.3 Å². The fourth-order valence-electron chi connectivity index (χ4n) is 2.68. The molecule has 0 saturated carbocycles. The number of benzene rings is 1. The molecule has 3 N–H and O–H groups in total. The molecule has 23 heavy (non-hydrogen) atoms. The zero-order valence-corrected chi connectivity index (χ0v) is 15.9. The van der Waals surface area contributed by atoms with E-state index in [1.165, 1.54) is 5.56 Å². The second kappa shape index (κ2) is 12.8. The van der Waals surface area contributed by atoms with Crippen LogP contribution in [0.2, 0.25) is 0 Å². The van der Waals surface area contributed by atoms with E-state index in [0.717, 1.165) is 39.0 Å². The van der Waals surface area contributed by atoms with E-state index in [1.54, 1.807) is 0 Å². The van der Waals surface area contributed by atoms with Crippen molar-refractivity contribution in [2.24, 2.45) is 5.73 Å². The van der Waals surface area contributed by atoms with Crippen molar-refractivity contribution in [1.82, 2.24) is 10.2 Å². The largest absolute Gasteiger partial charge is 0.327 e. The van der Waals surface area contributed by atoms with Crippen LogP contribution in [0, 0.1) is 11.3 Å². The highest BCUT2D eigenvalue weighted by atomic mass is 35.5. The smallest absolute Gasteiger partial charge is 0.0991 e. The second-order valence-corrected chi connectivity index (χ2v) is 5.72. The van der Waals surface area contributed by atoms with Gasteiger partial charge in [0.05, 0.1) is 11.6 Å². The van der Waals surface area contributed by atoms with E-state index in [0.29, 0.717) is 11.6 Å². The maximum absolute atomic E-state index is 8.77. The van der Waals surface area contributed by atoms with Crippen LogP contribution in [0.25, 0.3) is 0 Å². The molecule has 1 saturated heterocycles. The number of nitrogens with zero attached hydrogens (tertiary/aromatic N) is 2. The number of halogens is 3. The summed E-state index contributed by atoms with van der Waals surface area (Å²) in [6, 6.07) is 10.6. The molecule has 7 heteroatoms. The monoisotopic (exact) mass is 380 g/mol. The Kier molecular flexibility index (Phi) is 13.8. The van der Waals surface area contributed by atoms with E-state index in [2.05, 4.69) is 23.2 Å². The lowest BCUT2D eigenvalue weighted by Crippen LogP contribution is -2.50. The third kappa shape index (κ3) is 8.76. The zero-order chi connectivity index (χ0) is 14.4. The van der Waals surface area contributed by atoms with Crippen molar-refractivity contribution >= 4 is 37.2 Å². The van der Waals surface area contributed by atoms with E-state index in [-0.39, 0.29) is 43.3 Å². The van der Waals surface area contributed by atoms with Crippen molar-refractivity contribution in [3.05, 3.63) is 35.4 Å². The molecule has 1 unspecified atom stereocenters. The quantitative estimate of drug-likeness (QED) is 0.822. The van der Waals surface area contributed by atoms with E-state index in [9.17, 15) is 0 Å². The molecule has 0 aliphatic carbocycles. The first-order valence-corrected chi connectivity index (χ1v) is 7.37. The van der Waals surface area contributed by atoms with E-state index < -0.39 is 0 Å². The lowest BCUT2D eigenvalue weighted by atomic mass is 10.0. The highest BCUT2D eigenvalue weighted by Gasteiger charge is 2.16. The molecule has 0 radical (unpaired) electrons. The van der Waals surface area contributed by atoms with Crippen molar-refractivity contribution in [2.75, 3.05) is 26.2 Å². The van der Waals surface area contributed by atoms with Crippen molar-refractivity contribution < 1.29 is 0 Å². The van der Waals surface area contributed by atoms with Gasteiger partial charge in [0.1, 0.15) is 0 Å². The van der Waals surface area contributed by atoms with Gasteiger partial charge in [-0.3, -0.25) is 0 Å². The van der Waals surface area contributed by atoms with Crippen LogP contribution < -0.4 is 11.1 Å². The van der Waals surface area contributed by atoms with Gasteiger partial charge in [0.15, 0.2) is 0 Å². The predicted octanol–water partition coefficient (Wildman–Crippen LogP) is 2.38. The summed E-state index contributed by atoms with van der Waals surface area (Å²) in [5.41, 5.74) is 8.14. The fourth-order valence-corrected chi connectivity index (χ4v) is 2.68. The summed E-state index contributed by atoms with van der Waals surface area (Å²) in [6.45, 7) is 6.61. The maximum atomic E-state index is 8.77. The van der Waals surface area contributed by atoms with Gasteiger partial charge in [-0.1, -0.05) is 12.1 Å². The molecule has 132 valence electrons. The topological polar surface area (TPSA) is 65.1 Å². The van der Waals surface area contributed by atoms with Crippen molar-refractivity contribution in [2.45, 2.75) is 31.8 Å². The van der Waals surface area contributed by atoms with Crippen molar-refractivity contribution in [3.8, 4) is 6.07 Å². The van der Waals surface area contributed by atoms with Gasteiger partial charge < -0.3 is 16.0 Å². The van der Waals surface area contributed by atoms with Crippen LogP contribution in [-0.2, 0) is 6.42 Å². The number of piperazine rings is 1. The summed E-state index contributed by atoms with van der Waals surface area (Å²) in [5.74, 6) is 0. The number of nitriles is 1. The molecule has 0 aromatic heterocycles. The SMILES string of the molecule is C[C@@H]1CN(CCC(N)Cc2ccc(C#N)cc2)CCN1.Cl.Cl.Cl. The molecule has 1 aliphatic heterocycles. The fraction of sp³-hybridized carbons (Fsp3) is 0.562.